The number of carbonyl (C=O) groups excluding carboxylic acids is 1. The molecule has 0 saturated carbocycles. The molecule has 1 saturated heterocycles. The van der Waals surface area contributed by atoms with Gasteiger partial charge in [0.2, 0.25) is 5.91 Å². The fraction of sp³-hybridized carbons (Fsp3) is 0.500. The molecule has 2 N–H and O–H groups in total. The predicted molar refractivity (Wildman–Crippen MR) is 66.2 cm³/mol. The van der Waals surface area contributed by atoms with Gasteiger partial charge in [-0.1, -0.05) is 0 Å². The highest BCUT2D eigenvalue weighted by Crippen LogP contribution is 2.27. The third kappa shape index (κ3) is 3.03. The number of anilines is 1. The van der Waals surface area contributed by atoms with Gasteiger partial charge in [0.05, 0.1) is 8.79 Å². The van der Waals surface area contributed by atoms with Crippen LogP contribution in [0.25, 0.3) is 0 Å². The molecule has 0 unspecified atom stereocenters. The number of thiophene rings is 1. The first-order valence-electron chi connectivity index (χ1n) is 5.02. The molecular formula is C10H13BrN2OS. The predicted octanol–water partition coefficient (Wildman–Crippen LogP) is 2.45. The highest BCUT2D eigenvalue weighted by molar-refractivity contribution is 9.11. The molecule has 1 amide bonds. The molecule has 1 aromatic heterocycles. The smallest absolute Gasteiger partial charge is 0.228 e. The van der Waals surface area contributed by atoms with Crippen molar-refractivity contribution in [3.05, 3.63) is 15.9 Å². The number of rotatable bonds is 2. The molecule has 1 aliphatic rings. The minimum atomic E-state index is 0.158. The van der Waals surface area contributed by atoms with Gasteiger partial charge in [0, 0.05) is 5.92 Å². The quantitative estimate of drug-likeness (QED) is 0.878. The van der Waals surface area contributed by atoms with Crippen molar-refractivity contribution in [3.8, 4) is 0 Å². The lowest BCUT2D eigenvalue weighted by Crippen LogP contribution is -2.34. The average molecular weight is 289 g/mol. The molecule has 1 aromatic rings. The maximum absolute atomic E-state index is 11.8. The minimum Gasteiger partial charge on any atom is -0.317 e. The molecule has 0 spiro atoms. The van der Waals surface area contributed by atoms with Crippen LogP contribution in [-0.2, 0) is 4.79 Å². The summed E-state index contributed by atoms with van der Waals surface area (Å²) in [4.78, 5) is 11.8. The van der Waals surface area contributed by atoms with E-state index in [0.717, 1.165) is 34.7 Å². The highest BCUT2D eigenvalue weighted by atomic mass is 79.9. The number of piperidine rings is 1. The molecule has 3 nitrogen and oxygen atoms in total. The summed E-state index contributed by atoms with van der Waals surface area (Å²) in [5.41, 5.74) is 0. The summed E-state index contributed by atoms with van der Waals surface area (Å²) in [5, 5.41) is 7.13. The van der Waals surface area contributed by atoms with Crippen LogP contribution in [0.3, 0.4) is 0 Å². The second-order valence-electron chi connectivity index (χ2n) is 3.62. The van der Waals surface area contributed by atoms with E-state index in [0.29, 0.717) is 0 Å². The topological polar surface area (TPSA) is 41.1 Å². The number of carbonyl (C=O) groups is 1. The van der Waals surface area contributed by atoms with Gasteiger partial charge in [-0.25, -0.2) is 0 Å². The molecule has 0 atom stereocenters. The van der Waals surface area contributed by atoms with Crippen LogP contribution in [0, 0.1) is 5.92 Å². The van der Waals surface area contributed by atoms with E-state index in [1.165, 1.54) is 0 Å². The van der Waals surface area contributed by atoms with Crippen LogP contribution in [0.15, 0.2) is 15.9 Å². The van der Waals surface area contributed by atoms with Crippen molar-refractivity contribution in [1.82, 2.24) is 5.32 Å². The Labute approximate surface area is 101 Å². The summed E-state index contributed by atoms with van der Waals surface area (Å²) in [6.07, 6.45) is 1.89. The van der Waals surface area contributed by atoms with Crippen LogP contribution in [0.1, 0.15) is 12.8 Å². The van der Waals surface area contributed by atoms with Gasteiger partial charge in [-0.2, -0.15) is 0 Å². The normalized spacial score (nSPS) is 17.7. The van der Waals surface area contributed by atoms with E-state index >= 15 is 0 Å². The van der Waals surface area contributed by atoms with E-state index in [9.17, 15) is 4.79 Å². The van der Waals surface area contributed by atoms with Crippen LogP contribution in [0.5, 0.6) is 0 Å². The standard InChI is InChI=1S/C10H13BrN2OS/c11-8-1-2-9(15-8)13-10(14)7-3-5-12-6-4-7/h1-2,7,12H,3-6H2,(H,13,14). The molecule has 0 radical (unpaired) electrons. The fourth-order valence-electron chi connectivity index (χ4n) is 1.69. The Morgan fingerprint density at radius 2 is 2.20 bits per heavy atom. The first kappa shape index (κ1) is 11.1. The average Bonchev–Trinajstić information content (AvgIpc) is 2.65. The third-order valence-electron chi connectivity index (χ3n) is 2.53. The summed E-state index contributed by atoms with van der Waals surface area (Å²) in [5.74, 6) is 0.331. The SMILES string of the molecule is O=C(Nc1ccc(Br)s1)C1CCNCC1. The van der Waals surface area contributed by atoms with Gasteiger partial charge in [-0.15, -0.1) is 11.3 Å². The van der Waals surface area contributed by atoms with Gasteiger partial charge in [-0.05, 0) is 54.0 Å². The van der Waals surface area contributed by atoms with E-state index in [1.807, 2.05) is 12.1 Å². The largest absolute Gasteiger partial charge is 0.317 e. The summed E-state index contributed by atoms with van der Waals surface area (Å²) in [6, 6.07) is 3.87. The monoisotopic (exact) mass is 288 g/mol. The van der Waals surface area contributed by atoms with E-state index in [1.54, 1.807) is 11.3 Å². The first-order chi connectivity index (χ1) is 7.25. The van der Waals surface area contributed by atoms with Crippen molar-refractivity contribution in [2.24, 2.45) is 5.92 Å². The Bertz CT molecular complexity index is 347. The van der Waals surface area contributed by atoms with E-state index in [2.05, 4.69) is 26.6 Å². The van der Waals surface area contributed by atoms with Crippen molar-refractivity contribution < 1.29 is 4.79 Å². The molecular weight excluding hydrogens is 276 g/mol. The van der Waals surface area contributed by atoms with Gasteiger partial charge in [0.25, 0.3) is 0 Å². The molecule has 0 aromatic carbocycles. The van der Waals surface area contributed by atoms with Crippen LogP contribution in [0.2, 0.25) is 0 Å². The first-order valence-corrected chi connectivity index (χ1v) is 6.63. The Hall–Kier alpha value is -0.390. The van der Waals surface area contributed by atoms with Crippen molar-refractivity contribution in [3.63, 3.8) is 0 Å². The third-order valence-corrected chi connectivity index (χ3v) is 4.07. The maximum atomic E-state index is 11.8. The molecule has 15 heavy (non-hydrogen) atoms. The van der Waals surface area contributed by atoms with Crippen LogP contribution in [0.4, 0.5) is 5.00 Å². The van der Waals surface area contributed by atoms with Gasteiger partial charge in [0.15, 0.2) is 0 Å². The summed E-state index contributed by atoms with van der Waals surface area (Å²) in [7, 11) is 0. The Kier molecular flexibility index (Phi) is 3.77. The Morgan fingerprint density at radius 1 is 1.47 bits per heavy atom. The summed E-state index contributed by atoms with van der Waals surface area (Å²) in [6.45, 7) is 1.90. The number of amides is 1. The van der Waals surface area contributed by atoms with Crippen molar-refractivity contribution in [2.45, 2.75) is 12.8 Å². The second-order valence-corrected chi connectivity index (χ2v) is 6.08. The van der Waals surface area contributed by atoms with Gasteiger partial charge in [0.1, 0.15) is 0 Å². The second kappa shape index (κ2) is 5.09. The minimum absolute atomic E-state index is 0.158. The van der Waals surface area contributed by atoms with Crippen LogP contribution >= 0.6 is 27.3 Å². The molecule has 0 aliphatic carbocycles. The maximum Gasteiger partial charge on any atom is 0.228 e. The summed E-state index contributed by atoms with van der Waals surface area (Å²) >= 11 is 4.92. The van der Waals surface area contributed by atoms with Gasteiger partial charge < -0.3 is 10.6 Å². The zero-order valence-corrected chi connectivity index (χ0v) is 10.7. The summed E-state index contributed by atoms with van der Waals surface area (Å²) < 4.78 is 1.04. The number of hydrogen-bond acceptors (Lipinski definition) is 3. The van der Waals surface area contributed by atoms with Crippen molar-refractivity contribution in [2.75, 3.05) is 18.4 Å². The van der Waals surface area contributed by atoms with E-state index in [-0.39, 0.29) is 11.8 Å². The van der Waals surface area contributed by atoms with E-state index in [4.69, 9.17) is 0 Å². The lowest BCUT2D eigenvalue weighted by atomic mass is 9.97. The number of halogens is 1. The zero-order valence-electron chi connectivity index (χ0n) is 8.25. The Morgan fingerprint density at radius 3 is 2.80 bits per heavy atom. The molecule has 2 heterocycles. The molecule has 0 bridgehead atoms. The van der Waals surface area contributed by atoms with Crippen LogP contribution in [-0.4, -0.2) is 19.0 Å². The molecule has 1 fully saturated rings. The van der Waals surface area contributed by atoms with Gasteiger partial charge >= 0.3 is 0 Å². The number of nitrogens with one attached hydrogen (secondary N) is 2. The lowest BCUT2D eigenvalue weighted by molar-refractivity contribution is -0.120. The van der Waals surface area contributed by atoms with Crippen LogP contribution < -0.4 is 10.6 Å². The molecule has 2 rings (SSSR count). The van der Waals surface area contributed by atoms with Gasteiger partial charge in [-0.3, -0.25) is 4.79 Å². The molecule has 1 aliphatic heterocycles. The lowest BCUT2D eigenvalue weighted by Gasteiger charge is -2.21. The zero-order chi connectivity index (χ0) is 10.7. The molecule has 5 heteroatoms. The Balaban J connectivity index is 1.91. The number of hydrogen-bond donors (Lipinski definition) is 2. The van der Waals surface area contributed by atoms with Crippen molar-refractivity contribution in [1.29, 1.82) is 0 Å². The van der Waals surface area contributed by atoms with E-state index < -0.39 is 0 Å². The fourth-order valence-corrected chi connectivity index (χ4v) is 2.98. The highest BCUT2D eigenvalue weighted by Gasteiger charge is 2.20. The van der Waals surface area contributed by atoms with Crippen molar-refractivity contribution >= 4 is 38.2 Å². The molecule has 82 valence electrons.